The first-order valence-electron chi connectivity index (χ1n) is 10.9. The summed E-state index contributed by atoms with van der Waals surface area (Å²) in [6.07, 6.45) is 0. The minimum absolute atomic E-state index is 0.108. The van der Waals surface area contributed by atoms with Crippen molar-refractivity contribution in [3.8, 4) is 0 Å². The summed E-state index contributed by atoms with van der Waals surface area (Å²) < 4.78 is 14.4. The van der Waals surface area contributed by atoms with E-state index in [4.69, 9.17) is 0 Å². The smallest absolute Gasteiger partial charge is 0.308 e. The number of thioether (sulfide) groups is 1. The first-order chi connectivity index (χ1) is 15.9. The Bertz CT molecular complexity index is 1250. The standard InChI is InChI=1S/C26H24FN3O2S/c1-17-7-10-20(11-8-17)28-25(32)30-13-14-33-26(30)21-15-18(2)9-12-23(21)29(24(26)31)16-19-5-3-4-6-22(19)27/h3-12,15H,13-14,16H2,1-2H3,(H,28,32)/t26-/m0/s1. The predicted octanol–water partition coefficient (Wildman–Crippen LogP) is 5.42. The molecule has 33 heavy (non-hydrogen) atoms. The van der Waals surface area contributed by atoms with Crippen LogP contribution in [0.5, 0.6) is 0 Å². The van der Waals surface area contributed by atoms with Crippen LogP contribution in [-0.2, 0) is 16.2 Å². The number of nitrogens with zero attached hydrogens (tertiary/aromatic N) is 2. The molecule has 5 nitrogen and oxygen atoms in total. The van der Waals surface area contributed by atoms with Crippen molar-refractivity contribution >= 4 is 35.1 Å². The summed E-state index contributed by atoms with van der Waals surface area (Å²) in [4.78, 5) is 29.4. The number of amides is 3. The van der Waals surface area contributed by atoms with Crippen molar-refractivity contribution in [3.63, 3.8) is 0 Å². The van der Waals surface area contributed by atoms with Gasteiger partial charge in [0.05, 0.1) is 12.2 Å². The average molecular weight is 462 g/mol. The second-order valence-corrected chi connectivity index (χ2v) is 9.73. The lowest BCUT2D eigenvalue weighted by molar-refractivity contribution is -0.123. The van der Waals surface area contributed by atoms with Crippen LogP contribution < -0.4 is 10.2 Å². The summed E-state index contributed by atoms with van der Waals surface area (Å²) in [5.41, 5.74) is 4.71. The number of rotatable bonds is 3. The van der Waals surface area contributed by atoms with Gasteiger partial charge in [-0.25, -0.2) is 9.18 Å². The van der Waals surface area contributed by atoms with Crippen molar-refractivity contribution < 1.29 is 14.0 Å². The van der Waals surface area contributed by atoms with E-state index in [1.165, 1.54) is 17.8 Å². The highest BCUT2D eigenvalue weighted by atomic mass is 32.2. The molecule has 7 heteroatoms. The van der Waals surface area contributed by atoms with Gasteiger partial charge in [0, 0.05) is 29.1 Å². The number of fused-ring (bicyclic) bond motifs is 2. The Balaban J connectivity index is 1.54. The maximum Gasteiger partial charge on any atom is 0.323 e. The second-order valence-electron chi connectivity index (χ2n) is 8.44. The van der Waals surface area contributed by atoms with Gasteiger partial charge in [0.2, 0.25) is 0 Å². The van der Waals surface area contributed by atoms with Crippen LogP contribution in [0.3, 0.4) is 0 Å². The molecule has 0 radical (unpaired) electrons. The SMILES string of the molecule is Cc1ccc(NC(=O)N2CCS[C@@]23C(=O)N(Cc2ccccc2F)c2ccc(C)cc23)cc1. The number of anilines is 2. The van der Waals surface area contributed by atoms with Gasteiger partial charge in [0.25, 0.3) is 5.91 Å². The molecule has 3 amide bonds. The zero-order valence-electron chi connectivity index (χ0n) is 18.5. The molecule has 1 saturated heterocycles. The first kappa shape index (κ1) is 21.5. The van der Waals surface area contributed by atoms with Crippen LogP contribution in [0.1, 0.15) is 22.3 Å². The van der Waals surface area contributed by atoms with Gasteiger partial charge in [-0.2, -0.15) is 0 Å². The van der Waals surface area contributed by atoms with Crippen LogP contribution in [0.25, 0.3) is 0 Å². The number of carbonyl (C=O) groups excluding carboxylic acids is 2. The molecular weight excluding hydrogens is 437 g/mol. The van der Waals surface area contributed by atoms with E-state index in [0.717, 1.165) is 22.4 Å². The molecule has 0 bridgehead atoms. The Morgan fingerprint density at radius 2 is 1.79 bits per heavy atom. The number of carbonyl (C=O) groups is 2. The summed E-state index contributed by atoms with van der Waals surface area (Å²) in [5.74, 6) is 0.0643. The number of benzene rings is 3. The van der Waals surface area contributed by atoms with E-state index in [9.17, 15) is 14.0 Å². The Morgan fingerprint density at radius 1 is 1.06 bits per heavy atom. The van der Waals surface area contributed by atoms with E-state index in [0.29, 0.717) is 23.5 Å². The van der Waals surface area contributed by atoms with Crippen molar-refractivity contribution in [3.05, 3.63) is 94.8 Å². The Labute approximate surface area is 196 Å². The normalized spacial score (nSPS) is 19.3. The topological polar surface area (TPSA) is 52.7 Å². The van der Waals surface area contributed by atoms with Crippen LogP contribution in [0.15, 0.2) is 66.7 Å². The van der Waals surface area contributed by atoms with Crippen molar-refractivity contribution in [2.45, 2.75) is 25.3 Å². The molecule has 2 aliphatic rings. The van der Waals surface area contributed by atoms with Gasteiger partial charge in [-0.05, 0) is 38.1 Å². The summed E-state index contributed by atoms with van der Waals surface area (Å²) in [7, 11) is 0. The third-order valence-electron chi connectivity index (χ3n) is 6.18. The number of aryl methyl sites for hydroxylation is 2. The Hall–Kier alpha value is -3.32. The van der Waals surface area contributed by atoms with Gasteiger partial charge < -0.3 is 10.2 Å². The molecule has 1 N–H and O–H groups in total. The van der Waals surface area contributed by atoms with Crippen molar-refractivity contribution in [2.24, 2.45) is 0 Å². The van der Waals surface area contributed by atoms with Gasteiger partial charge in [0.1, 0.15) is 5.82 Å². The van der Waals surface area contributed by atoms with Crippen molar-refractivity contribution in [2.75, 3.05) is 22.5 Å². The third kappa shape index (κ3) is 3.56. The number of urea groups is 1. The number of nitrogens with one attached hydrogen (secondary N) is 1. The highest BCUT2D eigenvalue weighted by molar-refractivity contribution is 8.01. The molecule has 1 fully saturated rings. The van der Waals surface area contributed by atoms with E-state index in [1.54, 1.807) is 28.0 Å². The molecule has 2 heterocycles. The molecule has 5 rings (SSSR count). The zero-order valence-corrected chi connectivity index (χ0v) is 19.3. The molecule has 0 saturated carbocycles. The minimum Gasteiger partial charge on any atom is -0.308 e. The summed E-state index contributed by atoms with van der Waals surface area (Å²) >= 11 is 1.46. The van der Waals surface area contributed by atoms with E-state index in [-0.39, 0.29) is 24.3 Å². The number of halogens is 1. The molecule has 1 atom stereocenters. The van der Waals surface area contributed by atoms with Gasteiger partial charge in [-0.1, -0.05) is 53.6 Å². The Kier molecular flexibility index (Phi) is 5.37. The molecule has 3 aromatic rings. The van der Waals surface area contributed by atoms with Crippen LogP contribution in [0, 0.1) is 19.7 Å². The van der Waals surface area contributed by atoms with Crippen LogP contribution in [-0.4, -0.2) is 29.1 Å². The first-order valence-corrected chi connectivity index (χ1v) is 11.8. The second kappa shape index (κ2) is 8.23. The van der Waals surface area contributed by atoms with E-state index in [2.05, 4.69) is 5.32 Å². The molecule has 2 aliphatic heterocycles. The van der Waals surface area contributed by atoms with Crippen molar-refractivity contribution in [1.82, 2.24) is 4.90 Å². The van der Waals surface area contributed by atoms with Crippen LogP contribution in [0.4, 0.5) is 20.6 Å². The third-order valence-corrected chi connectivity index (χ3v) is 7.60. The molecule has 0 aliphatic carbocycles. The zero-order chi connectivity index (χ0) is 23.2. The average Bonchev–Trinajstić information content (AvgIpc) is 3.34. The highest BCUT2D eigenvalue weighted by Gasteiger charge is 2.59. The molecule has 168 valence electrons. The summed E-state index contributed by atoms with van der Waals surface area (Å²) in [5, 5.41) is 2.94. The largest absolute Gasteiger partial charge is 0.323 e. The molecule has 3 aromatic carbocycles. The summed E-state index contributed by atoms with van der Waals surface area (Å²) in [6, 6.07) is 19.5. The number of hydrogen-bond acceptors (Lipinski definition) is 3. The predicted molar refractivity (Wildman–Crippen MR) is 130 cm³/mol. The lowest BCUT2D eigenvalue weighted by Crippen LogP contribution is -2.51. The van der Waals surface area contributed by atoms with E-state index in [1.807, 2.05) is 56.3 Å². The van der Waals surface area contributed by atoms with Gasteiger partial charge in [-0.15, -0.1) is 11.8 Å². The fourth-order valence-corrected chi connectivity index (χ4v) is 5.96. The number of hydrogen-bond donors (Lipinski definition) is 1. The lowest BCUT2D eigenvalue weighted by atomic mass is 10.0. The minimum atomic E-state index is -1.17. The monoisotopic (exact) mass is 461 g/mol. The van der Waals surface area contributed by atoms with Crippen LogP contribution >= 0.6 is 11.8 Å². The quantitative estimate of drug-likeness (QED) is 0.566. The Morgan fingerprint density at radius 3 is 2.55 bits per heavy atom. The van der Waals surface area contributed by atoms with Gasteiger partial charge in [-0.3, -0.25) is 9.69 Å². The molecule has 0 aromatic heterocycles. The molecule has 1 spiro atoms. The lowest BCUT2D eigenvalue weighted by Gasteiger charge is -2.33. The van der Waals surface area contributed by atoms with E-state index >= 15 is 0 Å². The van der Waals surface area contributed by atoms with Gasteiger partial charge in [0.15, 0.2) is 4.87 Å². The van der Waals surface area contributed by atoms with Gasteiger partial charge >= 0.3 is 6.03 Å². The maximum atomic E-state index is 14.4. The molecular formula is C26H24FN3O2S. The van der Waals surface area contributed by atoms with Crippen molar-refractivity contribution in [1.29, 1.82) is 0 Å². The fraction of sp³-hybridized carbons (Fsp3) is 0.231. The fourth-order valence-electron chi connectivity index (χ4n) is 4.51. The highest BCUT2D eigenvalue weighted by Crippen LogP contribution is 2.54. The van der Waals surface area contributed by atoms with Crippen LogP contribution in [0.2, 0.25) is 0 Å². The summed E-state index contributed by atoms with van der Waals surface area (Å²) in [6.45, 7) is 4.50. The van der Waals surface area contributed by atoms with E-state index < -0.39 is 4.87 Å². The maximum absolute atomic E-state index is 14.4. The molecule has 0 unspecified atom stereocenters.